The first-order chi connectivity index (χ1) is 7.90. The molecule has 1 heterocycles. The Morgan fingerprint density at radius 2 is 2.25 bits per heavy atom. The van der Waals surface area contributed by atoms with Gasteiger partial charge in [0.25, 0.3) is 0 Å². The molecule has 0 radical (unpaired) electrons. The predicted octanol–water partition coefficient (Wildman–Crippen LogP) is 2.57. The highest BCUT2D eigenvalue weighted by molar-refractivity contribution is 4.91. The van der Waals surface area contributed by atoms with Crippen molar-refractivity contribution in [3.63, 3.8) is 0 Å². The highest BCUT2D eigenvalue weighted by atomic mass is 15.1. The number of aromatic nitrogens is 2. The van der Waals surface area contributed by atoms with Crippen molar-refractivity contribution in [2.45, 2.75) is 52.1 Å². The first-order valence-corrected chi connectivity index (χ1v) is 6.61. The Balaban J connectivity index is 1.64. The standard InChI is InChI=1S/C13H23N3/c1-2-16-10-9-15-13(16)11-14-8-7-12-5-3-4-6-12/h9-10,12,14H,2-8,11H2,1H3. The van der Waals surface area contributed by atoms with Crippen LogP contribution in [0.1, 0.15) is 44.9 Å². The molecule has 3 nitrogen and oxygen atoms in total. The maximum absolute atomic E-state index is 4.36. The van der Waals surface area contributed by atoms with Crippen molar-refractivity contribution in [3.05, 3.63) is 18.2 Å². The van der Waals surface area contributed by atoms with Gasteiger partial charge in [0, 0.05) is 18.9 Å². The molecule has 90 valence electrons. The normalized spacial score (nSPS) is 17.1. The maximum Gasteiger partial charge on any atom is 0.122 e. The van der Waals surface area contributed by atoms with Gasteiger partial charge in [-0.2, -0.15) is 0 Å². The van der Waals surface area contributed by atoms with Gasteiger partial charge in [-0.15, -0.1) is 0 Å². The highest BCUT2D eigenvalue weighted by Crippen LogP contribution is 2.26. The molecule has 1 saturated carbocycles. The number of hydrogen-bond donors (Lipinski definition) is 1. The predicted molar refractivity (Wildman–Crippen MR) is 66.2 cm³/mol. The Hall–Kier alpha value is -0.830. The van der Waals surface area contributed by atoms with E-state index in [1.165, 1.54) is 32.1 Å². The van der Waals surface area contributed by atoms with Crippen LogP contribution < -0.4 is 5.32 Å². The number of imidazole rings is 1. The second-order valence-corrected chi connectivity index (χ2v) is 4.75. The van der Waals surface area contributed by atoms with Gasteiger partial charge >= 0.3 is 0 Å². The molecule has 1 aliphatic carbocycles. The zero-order valence-electron chi connectivity index (χ0n) is 10.3. The lowest BCUT2D eigenvalue weighted by Crippen LogP contribution is -2.19. The van der Waals surface area contributed by atoms with Crippen LogP contribution >= 0.6 is 0 Å². The molecule has 2 rings (SSSR count). The molecule has 1 aromatic rings. The maximum atomic E-state index is 4.36. The molecule has 0 aliphatic heterocycles. The lowest BCUT2D eigenvalue weighted by Gasteiger charge is -2.10. The van der Waals surface area contributed by atoms with Crippen LogP contribution in [0.5, 0.6) is 0 Å². The van der Waals surface area contributed by atoms with E-state index in [-0.39, 0.29) is 0 Å². The smallest absolute Gasteiger partial charge is 0.122 e. The van der Waals surface area contributed by atoms with E-state index in [1.807, 2.05) is 12.4 Å². The first kappa shape index (κ1) is 11.6. The van der Waals surface area contributed by atoms with E-state index in [2.05, 4.69) is 21.8 Å². The Bertz CT molecular complexity index is 300. The molecule has 0 bridgehead atoms. The van der Waals surface area contributed by atoms with Crippen molar-refractivity contribution in [2.24, 2.45) is 5.92 Å². The van der Waals surface area contributed by atoms with Gasteiger partial charge in [0.05, 0.1) is 6.54 Å². The summed E-state index contributed by atoms with van der Waals surface area (Å²) in [6.07, 6.45) is 11.1. The minimum Gasteiger partial charge on any atom is -0.334 e. The van der Waals surface area contributed by atoms with E-state index in [9.17, 15) is 0 Å². The molecule has 0 unspecified atom stereocenters. The topological polar surface area (TPSA) is 29.9 Å². The van der Waals surface area contributed by atoms with E-state index in [0.717, 1.165) is 31.4 Å². The van der Waals surface area contributed by atoms with Crippen LogP contribution in [0.15, 0.2) is 12.4 Å². The number of nitrogens with one attached hydrogen (secondary N) is 1. The molecule has 1 fully saturated rings. The molecule has 0 amide bonds. The van der Waals surface area contributed by atoms with E-state index >= 15 is 0 Å². The van der Waals surface area contributed by atoms with Gasteiger partial charge in [-0.25, -0.2) is 4.98 Å². The van der Waals surface area contributed by atoms with Gasteiger partial charge in [0.15, 0.2) is 0 Å². The summed E-state index contributed by atoms with van der Waals surface area (Å²) in [6.45, 7) is 5.22. The van der Waals surface area contributed by atoms with Gasteiger partial charge in [-0.05, 0) is 25.8 Å². The third-order valence-electron chi connectivity index (χ3n) is 3.63. The summed E-state index contributed by atoms with van der Waals surface area (Å²) in [5.74, 6) is 2.15. The number of rotatable bonds is 6. The third-order valence-corrected chi connectivity index (χ3v) is 3.63. The Kier molecular flexibility index (Phi) is 4.40. The molecule has 3 heteroatoms. The van der Waals surface area contributed by atoms with Crippen LogP contribution in [-0.2, 0) is 13.1 Å². The molecule has 0 atom stereocenters. The second kappa shape index (κ2) is 6.04. The fourth-order valence-corrected chi connectivity index (χ4v) is 2.60. The third kappa shape index (κ3) is 3.08. The SMILES string of the molecule is CCn1ccnc1CNCCC1CCCC1. The van der Waals surface area contributed by atoms with Crippen molar-refractivity contribution < 1.29 is 0 Å². The van der Waals surface area contributed by atoms with Crippen molar-refractivity contribution >= 4 is 0 Å². The van der Waals surface area contributed by atoms with Crippen molar-refractivity contribution in [1.29, 1.82) is 0 Å². The lowest BCUT2D eigenvalue weighted by molar-refractivity contribution is 0.471. The molecule has 0 saturated heterocycles. The molecule has 16 heavy (non-hydrogen) atoms. The minimum absolute atomic E-state index is 0.910. The summed E-state index contributed by atoms with van der Waals surface area (Å²) in [5, 5.41) is 3.51. The Labute approximate surface area is 98.3 Å². The molecule has 1 N–H and O–H groups in total. The number of aryl methyl sites for hydroxylation is 1. The average molecular weight is 221 g/mol. The van der Waals surface area contributed by atoms with Crippen LogP contribution in [0, 0.1) is 5.92 Å². The summed E-state index contributed by atoms with van der Waals surface area (Å²) >= 11 is 0. The number of nitrogens with zero attached hydrogens (tertiary/aromatic N) is 2. The monoisotopic (exact) mass is 221 g/mol. The van der Waals surface area contributed by atoms with Crippen molar-refractivity contribution in [3.8, 4) is 0 Å². The molecular formula is C13H23N3. The van der Waals surface area contributed by atoms with Gasteiger partial charge < -0.3 is 9.88 Å². The highest BCUT2D eigenvalue weighted by Gasteiger charge is 2.13. The van der Waals surface area contributed by atoms with E-state index in [0.29, 0.717) is 0 Å². The lowest BCUT2D eigenvalue weighted by atomic mass is 10.0. The van der Waals surface area contributed by atoms with Crippen molar-refractivity contribution in [1.82, 2.24) is 14.9 Å². The average Bonchev–Trinajstić information content (AvgIpc) is 2.95. The summed E-state index contributed by atoms with van der Waals surface area (Å²) in [7, 11) is 0. The number of hydrogen-bond acceptors (Lipinski definition) is 2. The molecule has 1 aliphatic rings. The molecule has 0 spiro atoms. The van der Waals surface area contributed by atoms with Crippen LogP contribution in [0.3, 0.4) is 0 Å². The zero-order valence-corrected chi connectivity index (χ0v) is 10.3. The van der Waals surface area contributed by atoms with Gasteiger partial charge in [-0.3, -0.25) is 0 Å². The Morgan fingerprint density at radius 1 is 1.44 bits per heavy atom. The van der Waals surface area contributed by atoms with Crippen LogP contribution in [0.25, 0.3) is 0 Å². The van der Waals surface area contributed by atoms with Crippen molar-refractivity contribution in [2.75, 3.05) is 6.54 Å². The van der Waals surface area contributed by atoms with E-state index in [1.54, 1.807) is 0 Å². The van der Waals surface area contributed by atoms with Gasteiger partial charge in [0.2, 0.25) is 0 Å². The zero-order chi connectivity index (χ0) is 11.2. The van der Waals surface area contributed by atoms with Crippen LogP contribution in [-0.4, -0.2) is 16.1 Å². The van der Waals surface area contributed by atoms with Crippen LogP contribution in [0.2, 0.25) is 0 Å². The summed E-state index contributed by atoms with van der Waals surface area (Å²) in [6, 6.07) is 0. The summed E-state index contributed by atoms with van der Waals surface area (Å²) < 4.78 is 2.20. The minimum atomic E-state index is 0.910. The van der Waals surface area contributed by atoms with E-state index in [4.69, 9.17) is 0 Å². The quantitative estimate of drug-likeness (QED) is 0.748. The first-order valence-electron chi connectivity index (χ1n) is 6.61. The Morgan fingerprint density at radius 3 is 3.00 bits per heavy atom. The second-order valence-electron chi connectivity index (χ2n) is 4.75. The molecular weight excluding hydrogens is 198 g/mol. The summed E-state index contributed by atoms with van der Waals surface area (Å²) in [5.41, 5.74) is 0. The van der Waals surface area contributed by atoms with Crippen LogP contribution in [0.4, 0.5) is 0 Å². The van der Waals surface area contributed by atoms with Gasteiger partial charge in [0.1, 0.15) is 5.82 Å². The fraction of sp³-hybridized carbons (Fsp3) is 0.769. The summed E-state index contributed by atoms with van der Waals surface area (Å²) in [4.78, 5) is 4.36. The largest absolute Gasteiger partial charge is 0.334 e. The fourth-order valence-electron chi connectivity index (χ4n) is 2.60. The van der Waals surface area contributed by atoms with E-state index < -0.39 is 0 Å². The molecule has 0 aromatic carbocycles. The van der Waals surface area contributed by atoms with Gasteiger partial charge in [-0.1, -0.05) is 25.7 Å². The molecule has 1 aromatic heterocycles.